The van der Waals surface area contributed by atoms with Crippen LogP contribution < -0.4 is 4.74 Å². The molecular weight excluding hydrogens is 336 g/mol. The van der Waals surface area contributed by atoms with Gasteiger partial charge in [0.05, 0.1) is 13.4 Å². The van der Waals surface area contributed by atoms with Crippen molar-refractivity contribution in [2.45, 2.75) is 6.54 Å². The Morgan fingerprint density at radius 3 is 2.80 bits per heavy atom. The lowest BCUT2D eigenvalue weighted by atomic mass is 10.2. The molecule has 0 aliphatic heterocycles. The van der Waals surface area contributed by atoms with Gasteiger partial charge in [-0.1, -0.05) is 18.2 Å². The van der Waals surface area contributed by atoms with E-state index in [1.54, 1.807) is 35.8 Å². The van der Waals surface area contributed by atoms with Crippen LogP contribution >= 0.6 is 11.3 Å². The van der Waals surface area contributed by atoms with Gasteiger partial charge in [-0.2, -0.15) is 0 Å². The first-order valence-corrected chi connectivity index (χ1v) is 8.61. The topological polar surface area (TPSA) is 55.6 Å². The fraction of sp³-hybridized carbons (Fsp3) is 0.158. The molecule has 5 nitrogen and oxygen atoms in total. The first-order valence-electron chi connectivity index (χ1n) is 7.73. The summed E-state index contributed by atoms with van der Waals surface area (Å²) in [4.78, 5) is 18.9. The van der Waals surface area contributed by atoms with Gasteiger partial charge in [0.15, 0.2) is 10.8 Å². The zero-order chi connectivity index (χ0) is 17.6. The predicted molar refractivity (Wildman–Crippen MR) is 97.7 cm³/mol. The number of methoxy groups -OCH3 is 1. The third-order valence-corrected chi connectivity index (χ3v) is 4.48. The van der Waals surface area contributed by atoms with Crippen LogP contribution in [0.2, 0.25) is 0 Å². The van der Waals surface area contributed by atoms with Gasteiger partial charge in [0, 0.05) is 18.5 Å². The van der Waals surface area contributed by atoms with E-state index in [2.05, 4.69) is 11.6 Å². The fourth-order valence-corrected chi connectivity index (χ4v) is 3.13. The summed E-state index contributed by atoms with van der Waals surface area (Å²) in [5.74, 6) is 1.31. The van der Waals surface area contributed by atoms with Crippen LogP contribution in [0.4, 0.5) is 0 Å². The van der Waals surface area contributed by atoms with Crippen molar-refractivity contribution in [1.29, 1.82) is 0 Å². The third kappa shape index (κ3) is 3.97. The van der Waals surface area contributed by atoms with Gasteiger partial charge in [0.2, 0.25) is 0 Å². The maximum absolute atomic E-state index is 12.8. The second kappa shape index (κ2) is 7.81. The minimum absolute atomic E-state index is 0.134. The molecular formula is C19H18N2O3S. The van der Waals surface area contributed by atoms with E-state index in [0.717, 1.165) is 11.3 Å². The number of amides is 1. The molecule has 128 valence electrons. The van der Waals surface area contributed by atoms with Crippen molar-refractivity contribution >= 4 is 17.2 Å². The predicted octanol–water partition coefficient (Wildman–Crippen LogP) is 4.24. The van der Waals surface area contributed by atoms with E-state index in [-0.39, 0.29) is 5.91 Å². The number of benzene rings is 1. The molecule has 1 aromatic carbocycles. The van der Waals surface area contributed by atoms with E-state index >= 15 is 0 Å². The number of carbonyl (C=O) groups is 1. The number of rotatable bonds is 7. The Morgan fingerprint density at radius 1 is 1.36 bits per heavy atom. The Kier molecular flexibility index (Phi) is 5.30. The molecule has 0 N–H and O–H groups in total. The van der Waals surface area contributed by atoms with Crippen LogP contribution in [0.25, 0.3) is 10.8 Å². The Hall–Kier alpha value is -2.86. The normalized spacial score (nSPS) is 10.4. The lowest BCUT2D eigenvalue weighted by molar-refractivity contribution is 0.0757. The summed E-state index contributed by atoms with van der Waals surface area (Å²) in [7, 11) is 1.63. The number of hydrogen-bond donors (Lipinski definition) is 0. The highest BCUT2D eigenvalue weighted by atomic mass is 32.1. The summed E-state index contributed by atoms with van der Waals surface area (Å²) in [6.07, 6.45) is 3.30. The van der Waals surface area contributed by atoms with E-state index < -0.39 is 0 Å². The standard InChI is InChI=1S/C19H18N2O3S/c1-3-10-21(12-14-6-8-15(23-2)9-7-14)19(22)16-13-25-18(20-16)17-5-4-11-24-17/h3-9,11,13H,1,10,12H2,2H3. The van der Waals surface area contributed by atoms with Gasteiger partial charge in [-0.05, 0) is 29.8 Å². The van der Waals surface area contributed by atoms with Crippen molar-refractivity contribution < 1.29 is 13.9 Å². The summed E-state index contributed by atoms with van der Waals surface area (Å²) in [5.41, 5.74) is 1.42. The number of aromatic nitrogens is 1. The number of hydrogen-bond acceptors (Lipinski definition) is 5. The van der Waals surface area contributed by atoms with Gasteiger partial charge in [-0.3, -0.25) is 4.79 Å². The molecule has 0 atom stereocenters. The van der Waals surface area contributed by atoms with Crippen LogP contribution in [0.3, 0.4) is 0 Å². The second-order valence-electron chi connectivity index (χ2n) is 5.34. The largest absolute Gasteiger partial charge is 0.497 e. The molecule has 0 aliphatic rings. The average Bonchev–Trinajstić information content (AvgIpc) is 3.32. The first kappa shape index (κ1) is 17.0. The highest BCUT2D eigenvalue weighted by Crippen LogP contribution is 2.25. The molecule has 0 unspecified atom stereocenters. The molecule has 3 rings (SSSR count). The van der Waals surface area contributed by atoms with Gasteiger partial charge in [0.1, 0.15) is 11.4 Å². The summed E-state index contributed by atoms with van der Waals surface area (Å²) in [6.45, 7) is 4.66. The second-order valence-corrected chi connectivity index (χ2v) is 6.20. The molecule has 3 aromatic rings. The Balaban J connectivity index is 1.77. The summed E-state index contributed by atoms with van der Waals surface area (Å²) < 4.78 is 10.5. The highest BCUT2D eigenvalue weighted by Gasteiger charge is 2.19. The van der Waals surface area contributed by atoms with Crippen molar-refractivity contribution in [3.63, 3.8) is 0 Å². The summed E-state index contributed by atoms with van der Waals surface area (Å²) in [6, 6.07) is 11.3. The first-order chi connectivity index (χ1) is 12.2. The quantitative estimate of drug-likeness (QED) is 0.596. The summed E-state index contributed by atoms with van der Waals surface area (Å²) >= 11 is 1.39. The van der Waals surface area contributed by atoms with Crippen LogP contribution in [0, 0.1) is 0 Å². The monoisotopic (exact) mass is 354 g/mol. The molecule has 0 aliphatic carbocycles. The van der Waals surface area contributed by atoms with E-state index in [9.17, 15) is 4.79 Å². The molecule has 0 radical (unpaired) electrons. The van der Waals surface area contributed by atoms with Crippen LogP contribution in [-0.4, -0.2) is 29.4 Å². The Bertz CT molecular complexity index is 838. The molecule has 0 saturated heterocycles. The molecule has 1 amide bonds. The fourth-order valence-electron chi connectivity index (χ4n) is 2.37. The SMILES string of the molecule is C=CCN(Cc1ccc(OC)cc1)C(=O)c1csc(-c2ccco2)n1. The number of furan rings is 1. The number of carbonyl (C=O) groups excluding carboxylic acids is 1. The molecule has 0 fully saturated rings. The van der Waals surface area contributed by atoms with Crippen molar-refractivity contribution in [2.75, 3.05) is 13.7 Å². The van der Waals surface area contributed by atoms with E-state index in [4.69, 9.17) is 9.15 Å². The lowest BCUT2D eigenvalue weighted by Gasteiger charge is -2.20. The number of thiazole rings is 1. The Labute approximate surface area is 150 Å². The maximum atomic E-state index is 12.8. The van der Waals surface area contributed by atoms with Crippen LogP contribution in [0.5, 0.6) is 5.75 Å². The minimum Gasteiger partial charge on any atom is -0.497 e. The van der Waals surface area contributed by atoms with Gasteiger partial charge in [-0.15, -0.1) is 17.9 Å². The van der Waals surface area contributed by atoms with Crippen LogP contribution in [0.1, 0.15) is 16.1 Å². The van der Waals surface area contributed by atoms with Crippen LogP contribution in [-0.2, 0) is 6.54 Å². The minimum atomic E-state index is -0.134. The number of ether oxygens (including phenoxy) is 1. The van der Waals surface area contributed by atoms with Crippen molar-refractivity contribution in [1.82, 2.24) is 9.88 Å². The molecule has 6 heteroatoms. The van der Waals surface area contributed by atoms with E-state index in [1.165, 1.54) is 11.3 Å². The Morgan fingerprint density at radius 2 is 2.16 bits per heavy atom. The van der Waals surface area contributed by atoms with Gasteiger partial charge >= 0.3 is 0 Å². The zero-order valence-electron chi connectivity index (χ0n) is 13.8. The van der Waals surface area contributed by atoms with Crippen molar-refractivity contribution in [3.05, 3.63) is 72.0 Å². The lowest BCUT2D eigenvalue weighted by Crippen LogP contribution is -2.30. The molecule has 2 heterocycles. The van der Waals surface area contributed by atoms with Crippen LogP contribution in [0.15, 0.2) is 65.1 Å². The molecule has 0 saturated carbocycles. The molecule has 0 bridgehead atoms. The third-order valence-electron chi connectivity index (χ3n) is 3.62. The molecule has 2 aromatic heterocycles. The highest BCUT2D eigenvalue weighted by molar-refractivity contribution is 7.13. The summed E-state index contributed by atoms with van der Waals surface area (Å²) in [5, 5.41) is 2.45. The maximum Gasteiger partial charge on any atom is 0.273 e. The van der Waals surface area contributed by atoms with Crippen molar-refractivity contribution in [3.8, 4) is 16.5 Å². The zero-order valence-corrected chi connectivity index (χ0v) is 14.7. The average molecular weight is 354 g/mol. The van der Waals surface area contributed by atoms with Gasteiger partial charge in [-0.25, -0.2) is 4.98 Å². The van der Waals surface area contributed by atoms with Gasteiger partial charge in [0.25, 0.3) is 5.91 Å². The molecule has 25 heavy (non-hydrogen) atoms. The van der Waals surface area contributed by atoms with E-state index in [1.807, 2.05) is 30.3 Å². The van der Waals surface area contributed by atoms with E-state index in [0.29, 0.717) is 29.6 Å². The van der Waals surface area contributed by atoms with Crippen molar-refractivity contribution in [2.24, 2.45) is 0 Å². The molecule has 0 spiro atoms. The number of nitrogens with zero attached hydrogens (tertiary/aromatic N) is 2. The van der Waals surface area contributed by atoms with Gasteiger partial charge < -0.3 is 14.1 Å². The smallest absolute Gasteiger partial charge is 0.273 e.